The second-order valence-electron chi connectivity index (χ2n) is 9.11. The highest BCUT2D eigenvalue weighted by atomic mass is 35.5. The van der Waals surface area contributed by atoms with Gasteiger partial charge >= 0.3 is 11.9 Å². The van der Waals surface area contributed by atoms with E-state index in [9.17, 15) is 9.59 Å². The number of carbonyl (C=O) groups is 2. The molecular formula is C31H26Cl2O4. The number of benzene rings is 4. The third kappa shape index (κ3) is 6.40. The van der Waals surface area contributed by atoms with Crippen LogP contribution in [-0.2, 0) is 17.2 Å². The number of hydrogen-bond acceptors (Lipinski definition) is 4. The zero-order valence-electron chi connectivity index (χ0n) is 20.5. The van der Waals surface area contributed by atoms with Crippen LogP contribution in [0.15, 0.2) is 97.1 Å². The number of carbonyl (C=O) groups excluding carboxylic acids is 2. The van der Waals surface area contributed by atoms with Gasteiger partial charge < -0.3 is 9.47 Å². The summed E-state index contributed by atoms with van der Waals surface area (Å²) in [5.74, 6) is 0.871. The molecular weight excluding hydrogens is 507 g/mol. The van der Waals surface area contributed by atoms with Crippen LogP contribution in [0.1, 0.15) is 56.8 Å². The monoisotopic (exact) mass is 532 g/mol. The molecule has 4 nitrogen and oxygen atoms in total. The molecule has 0 aliphatic carbocycles. The van der Waals surface area contributed by atoms with E-state index >= 15 is 0 Å². The summed E-state index contributed by atoms with van der Waals surface area (Å²) < 4.78 is 11.0. The van der Waals surface area contributed by atoms with E-state index < -0.39 is 11.9 Å². The van der Waals surface area contributed by atoms with Crippen LogP contribution < -0.4 is 9.47 Å². The first kappa shape index (κ1) is 26.5. The van der Waals surface area contributed by atoms with Crippen LogP contribution in [0.5, 0.6) is 11.5 Å². The van der Waals surface area contributed by atoms with Gasteiger partial charge in [0.05, 0.1) is 11.1 Å². The summed E-state index contributed by atoms with van der Waals surface area (Å²) in [6.45, 7) is 4.21. The van der Waals surface area contributed by atoms with E-state index in [1.54, 1.807) is 72.8 Å². The lowest BCUT2D eigenvalue weighted by atomic mass is 9.78. The number of hydrogen-bond donors (Lipinski definition) is 0. The minimum absolute atomic E-state index is 0.333. The summed E-state index contributed by atoms with van der Waals surface area (Å²) in [6.07, 6.45) is 0. The number of ether oxygens (including phenoxy) is 2. The molecule has 0 saturated carbocycles. The highest BCUT2D eigenvalue weighted by Crippen LogP contribution is 2.33. The molecule has 0 N–H and O–H groups in total. The minimum Gasteiger partial charge on any atom is -0.423 e. The van der Waals surface area contributed by atoms with Crippen LogP contribution in [0.2, 0.25) is 0 Å². The molecule has 0 unspecified atom stereocenters. The molecule has 6 heteroatoms. The molecule has 0 spiro atoms. The summed E-state index contributed by atoms with van der Waals surface area (Å²) >= 11 is 11.6. The van der Waals surface area contributed by atoms with E-state index in [2.05, 4.69) is 13.8 Å². The largest absolute Gasteiger partial charge is 0.423 e. The normalized spacial score (nSPS) is 11.1. The Morgan fingerprint density at radius 1 is 0.568 bits per heavy atom. The van der Waals surface area contributed by atoms with Gasteiger partial charge in [0.25, 0.3) is 0 Å². The van der Waals surface area contributed by atoms with Gasteiger partial charge in [-0.25, -0.2) is 9.59 Å². The maximum Gasteiger partial charge on any atom is 0.343 e. The van der Waals surface area contributed by atoms with E-state index in [1.807, 2.05) is 24.3 Å². The molecule has 4 aromatic carbocycles. The Balaban J connectivity index is 1.41. The average Bonchev–Trinajstić information content (AvgIpc) is 2.93. The number of esters is 2. The van der Waals surface area contributed by atoms with Crippen molar-refractivity contribution in [2.45, 2.75) is 31.0 Å². The molecule has 0 aliphatic rings. The Hall–Kier alpha value is -3.60. The lowest BCUT2D eigenvalue weighted by Crippen LogP contribution is -2.19. The van der Waals surface area contributed by atoms with Crippen molar-refractivity contribution in [2.75, 3.05) is 0 Å². The first-order valence-electron chi connectivity index (χ1n) is 11.8. The zero-order valence-corrected chi connectivity index (χ0v) is 22.1. The first-order chi connectivity index (χ1) is 17.8. The van der Waals surface area contributed by atoms with Crippen LogP contribution in [0.3, 0.4) is 0 Å². The number of rotatable bonds is 8. The van der Waals surface area contributed by atoms with Gasteiger partial charge in [0, 0.05) is 17.2 Å². The van der Waals surface area contributed by atoms with Crippen LogP contribution in [0.25, 0.3) is 0 Å². The van der Waals surface area contributed by atoms with Crippen molar-refractivity contribution < 1.29 is 19.1 Å². The Morgan fingerprint density at radius 2 is 0.892 bits per heavy atom. The number of halogens is 2. The van der Waals surface area contributed by atoms with Gasteiger partial charge in [-0.1, -0.05) is 62.4 Å². The molecule has 0 aliphatic heterocycles. The fraction of sp³-hybridized carbons (Fsp3) is 0.161. The van der Waals surface area contributed by atoms with Crippen molar-refractivity contribution in [2.24, 2.45) is 0 Å². The molecule has 0 bridgehead atoms. The fourth-order valence-electron chi connectivity index (χ4n) is 3.84. The van der Waals surface area contributed by atoms with Gasteiger partial charge in [-0.3, -0.25) is 0 Å². The highest BCUT2D eigenvalue weighted by molar-refractivity contribution is 6.17. The quantitative estimate of drug-likeness (QED) is 0.131. The van der Waals surface area contributed by atoms with Crippen LogP contribution in [0, 0.1) is 0 Å². The van der Waals surface area contributed by atoms with Gasteiger partial charge in [-0.2, -0.15) is 0 Å². The second kappa shape index (κ2) is 11.6. The van der Waals surface area contributed by atoms with Crippen molar-refractivity contribution in [3.63, 3.8) is 0 Å². The van der Waals surface area contributed by atoms with Gasteiger partial charge in [0.2, 0.25) is 0 Å². The summed E-state index contributed by atoms with van der Waals surface area (Å²) in [6, 6.07) is 29.0. The predicted octanol–water partition coefficient (Wildman–Crippen LogP) is 7.93. The molecule has 188 valence electrons. The van der Waals surface area contributed by atoms with Crippen molar-refractivity contribution in [1.29, 1.82) is 0 Å². The van der Waals surface area contributed by atoms with Crippen LogP contribution in [-0.4, -0.2) is 11.9 Å². The smallest absolute Gasteiger partial charge is 0.343 e. The molecule has 0 radical (unpaired) electrons. The van der Waals surface area contributed by atoms with Gasteiger partial charge in [-0.15, -0.1) is 23.2 Å². The molecule has 0 amide bonds. The Kier molecular flexibility index (Phi) is 8.32. The first-order valence-corrected chi connectivity index (χ1v) is 12.8. The molecule has 4 aromatic rings. The predicted molar refractivity (Wildman–Crippen MR) is 147 cm³/mol. The Bertz CT molecular complexity index is 1250. The van der Waals surface area contributed by atoms with Crippen molar-refractivity contribution in [3.8, 4) is 11.5 Å². The Morgan fingerprint density at radius 3 is 1.19 bits per heavy atom. The minimum atomic E-state index is -0.423. The summed E-state index contributed by atoms with van der Waals surface area (Å²) in [5, 5.41) is 0. The van der Waals surface area contributed by atoms with Gasteiger partial charge in [0.15, 0.2) is 0 Å². The fourth-order valence-corrected chi connectivity index (χ4v) is 4.19. The lowest BCUT2D eigenvalue weighted by Gasteiger charge is -2.26. The van der Waals surface area contributed by atoms with E-state index in [4.69, 9.17) is 32.7 Å². The Labute approximate surface area is 226 Å². The summed E-state index contributed by atoms with van der Waals surface area (Å²) in [4.78, 5) is 24.9. The van der Waals surface area contributed by atoms with Gasteiger partial charge in [-0.05, 0) is 70.8 Å². The van der Waals surface area contributed by atoms with E-state index in [-0.39, 0.29) is 5.41 Å². The molecule has 4 rings (SSSR count). The lowest BCUT2D eigenvalue weighted by molar-refractivity contribution is 0.0725. The maximum atomic E-state index is 12.4. The van der Waals surface area contributed by atoms with E-state index in [0.717, 1.165) is 22.3 Å². The summed E-state index contributed by atoms with van der Waals surface area (Å²) in [5.41, 5.74) is 4.56. The standard InChI is InChI=1S/C31H26Cl2O4/c1-31(2,25-11-15-27(16-12-25)36-29(34)23-7-3-21(19-32)4-8-23)26-13-17-28(18-14-26)37-30(35)24-9-5-22(20-33)6-10-24/h3-18H,19-20H2,1-2H3. The van der Waals surface area contributed by atoms with Crippen molar-refractivity contribution >= 4 is 35.1 Å². The molecule has 0 aromatic heterocycles. The zero-order chi connectivity index (χ0) is 26.4. The number of alkyl halides is 2. The second-order valence-corrected chi connectivity index (χ2v) is 9.65. The van der Waals surface area contributed by atoms with Crippen molar-refractivity contribution in [1.82, 2.24) is 0 Å². The summed E-state index contributed by atoms with van der Waals surface area (Å²) in [7, 11) is 0. The van der Waals surface area contributed by atoms with E-state index in [0.29, 0.717) is 34.4 Å². The van der Waals surface area contributed by atoms with Gasteiger partial charge in [0.1, 0.15) is 11.5 Å². The molecule has 0 atom stereocenters. The average molecular weight is 533 g/mol. The highest BCUT2D eigenvalue weighted by Gasteiger charge is 2.23. The molecule has 37 heavy (non-hydrogen) atoms. The third-order valence-electron chi connectivity index (χ3n) is 6.26. The van der Waals surface area contributed by atoms with Crippen LogP contribution >= 0.6 is 23.2 Å². The molecule has 0 heterocycles. The maximum absolute atomic E-state index is 12.4. The topological polar surface area (TPSA) is 52.6 Å². The molecule has 0 saturated heterocycles. The van der Waals surface area contributed by atoms with E-state index in [1.165, 1.54) is 0 Å². The SMILES string of the molecule is CC(C)(c1ccc(OC(=O)c2ccc(CCl)cc2)cc1)c1ccc(OC(=O)c2ccc(CCl)cc2)cc1. The van der Waals surface area contributed by atoms with Crippen LogP contribution in [0.4, 0.5) is 0 Å². The van der Waals surface area contributed by atoms with Crippen molar-refractivity contribution in [3.05, 3.63) is 130 Å². The third-order valence-corrected chi connectivity index (χ3v) is 6.88. The molecule has 0 fully saturated rings.